The zero-order chi connectivity index (χ0) is 13.0. The summed E-state index contributed by atoms with van der Waals surface area (Å²) in [5.74, 6) is -0.531. The van der Waals surface area contributed by atoms with Crippen LogP contribution >= 0.6 is 0 Å². The molecule has 4 heteroatoms. The summed E-state index contributed by atoms with van der Waals surface area (Å²) in [6, 6.07) is 7.58. The summed E-state index contributed by atoms with van der Waals surface area (Å²) >= 11 is 0. The van der Waals surface area contributed by atoms with Gasteiger partial charge >= 0.3 is 0 Å². The maximum absolute atomic E-state index is 14.2. The van der Waals surface area contributed by atoms with E-state index in [9.17, 15) is 9.18 Å². The monoisotopic (exact) mass is 250 g/mol. The lowest BCUT2D eigenvalue weighted by atomic mass is 10.0. The topological polar surface area (TPSA) is 41.1 Å². The maximum atomic E-state index is 14.2. The molecule has 3 nitrogen and oxygen atoms in total. The molecule has 1 heterocycles. The molecule has 1 aromatic carbocycles. The lowest BCUT2D eigenvalue weighted by Gasteiger charge is -2.19. The number of alkyl halides is 1. The van der Waals surface area contributed by atoms with E-state index < -0.39 is 11.6 Å². The Kier molecular flexibility index (Phi) is 3.97. The van der Waals surface area contributed by atoms with Crippen LogP contribution in [0.2, 0.25) is 0 Å². The molecule has 98 valence electrons. The van der Waals surface area contributed by atoms with Gasteiger partial charge in [0.25, 0.3) is 5.91 Å². The van der Waals surface area contributed by atoms with Crippen LogP contribution in [-0.2, 0) is 11.2 Å². The number of aryl methyl sites for hydroxylation is 1. The van der Waals surface area contributed by atoms with Gasteiger partial charge < -0.3 is 10.6 Å². The van der Waals surface area contributed by atoms with Gasteiger partial charge in [-0.2, -0.15) is 0 Å². The van der Waals surface area contributed by atoms with E-state index in [4.69, 9.17) is 0 Å². The summed E-state index contributed by atoms with van der Waals surface area (Å²) in [6.45, 7) is 2.74. The first kappa shape index (κ1) is 13.0. The van der Waals surface area contributed by atoms with Crippen molar-refractivity contribution < 1.29 is 9.18 Å². The molecule has 2 rings (SSSR count). The fourth-order valence-corrected chi connectivity index (χ4v) is 2.22. The second kappa shape index (κ2) is 5.48. The molecule has 0 radical (unpaired) electrons. The third kappa shape index (κ3) is 2.70. The van der Waals surface area contributed by atoms with Crippen molar-refractivity contribution >= 4 is 11.6 Å². The minimum absolute atomic E-state index is 0.106. The third-order valence-electron chi connectivity index (χ3n) is 3.30. The standard InChI is InChI=1S/C14H19FN2O/c1-2-5-11-6-3-4-7-12(11)17-13(18)14(15)8-9-16-10-14/h3-4,6-7,16H,2,5,8-10H2,1H3,(H,17,18). The van der Waals surface area contributed by atoms with Crippen molar-refractivity contribution in [2.24, 2.45) is 0 Å². The number of rotatable bonds is 4. The van der Waals surface area contributed by atoms with E-state index >= 15 is 0 Å². The Morgan fingerprint density at radius 1 is 1.50 bits per heavy atom. The fourth-order valence-electron chi connectivity index (χ4n) is 2.22. The first-order valence-corrected chi connectivity index (χ1v) is 6.45. The molecule has 2 N–H and O–H groups in total. The summed E-state index contributed by atoms with van der Waals surface area (Å²) in [7, 11) is 0. The fraction of sp³-hybridized carbons (Fsp3) is 0.500. The summed E-state index contributed by atoms with van der Waals surface area (Å²) in [5, 5.41) is 5.61. The van der Waals surface area contributed by atoms with Crippen LogP contribution in [0.4, 0.5) is 10.1 Å². The van der Waals surface area contributed by atoms with Gasteiger partial charge in [-0.05, 0) is 24.6 Å². The Morgan fingerprint density at radius 2 is 2.28 bits per heavy atom. The van der Waals surface area contributed by atoms with E-state index in [1.807, 2.05) is 24.3 Å². The third-order valence-corrected chi connectivity index (χ3v) is 3.30. The van der Waals surface area contributed by atoms with Gasteiger partial charge in [-0.1, -0.05) is 31.5 Å². The molecule has 18 heavy (non-hydrogen) atoms. The van der Waals surface area contributed by atoms with Gasteiger partial charge in [0.05, 0.1) is 0 Å². The van der Waals surface area contributed by atoms with E-state index in [2.05, 4.69) is 17.6 Å². The Morgan fingerprint density at radius 3 is 2.94 bits per heavy atom. The number of benzene rings is 1. The number of carbonyl (C=O) groups excluding carboxylic acids is 1. The highest BCUT2D eigenvalue weighted by Gasteiger charge is 2.41. The number of anilines is 1. The van der Waals surface area contributed by atoms with Crippen molar-refractivity contribution in [3.05, 3.63) is 29.8 Å². The van der Waals surface area contributed by atoms with Crippen molar-refractivity contribution in [2.75, 3.05) is 18.4 Å². The van der Waals surface area contributed by atoms with Crippen molar-refractivity contribution in [3.63, 3.8) is 0 Å². The Balaban J connectivity index is 2.11. The molecule has 0 aliphatic carbocycles. The highest BCUT2D eigenvalue weighted by Crippen LogP contribution is 2.24. The number of halogens is 1. The van der Waals surface area contributed by atoms with Crippen molar-refractivity contribution in [1.29, 1.82) is 0 Å². The quantitative estimate of drug-likeness (QED) is 0.860. The number of para-hydroxylation sites is 1. The predicted octanol–water partition coefficient (Wildman–Crippen LogP) is 2.28. The van der Waals surface area contributed by atoms with Gasteiger partial charge in [-0.3, -0.25) is 4.79 Å². The van der Waals surface area contributed by atoms with Crippen LogP contribution < -0.4 is 10.6 Å². The molecular formula is C14H19FN2O. The molecule has 1 fully saturated rings. The SMILES string of the molecule is CCCc1ccccc1NC(=O)C1(F)CCNC1. The van der Waals surface area contributed by atoms with E-state index in [0.29, 0.717) is 6.54 Å². The largest absolute Gasteiger partial charge is 0.323 e. The smallest absolute Gasteiger partial charge is 0.263 e. The second-order valence-electron chi connectivity index (χ2n) is 4.75. The summed E-state index contributed by atoms with van der Waals surface area (Å²) in [4.78, 5) is 12.0. The summed E-state index contributed by atoms with van der Waals surface area (Å²) in [6.07, 6.45) is 2.12. The highest BCUT2D eigenvalue weighted by atomic mass is 19.1. The van der Waals surface area contributed by atoms with Gasteiger partial charge in [0, 0.05) is 18.7 Å². The van der Waals surface area contributed by atoms with E-state index in [1.54, 1.807) is 0 Å². The van der Waals surface area contributed by atoms with Crippen LogP contribution in [0.5, 0.6) is 0 Å². The highest BCUT2D eigenvalue weighted by molar-refractivity contribution is 5.98. The number of carbonyl (C=O) groups is 1. The minimum atomic E-state index is -1.76. The molecule has 1 aliphatic rings. The number of amides is 1. The molecule has 0 spiro atoms. The Bertz CT molecular complexity index is 428. The second-order valence-corrected chi connectivity index (χ2v) is 4.75. The van der Waals surface area contributed by atoms with Crippen molar-refractivity contribution in [3.8, 4) is 0 Å². The first-order valence-electron chi connectivity index (χ1n) is 6.45. The van der Waals surface area contributed by atoms with Crippen molar-refractivity contribution in [1.82, 2.24) is 5.32 Å². The molecule has 1 unspecified atom stereocenters. The first-order chi connectivity index (χ1) is 8.65. The van der Waals surface area contributed by atoms with Gasteiger partial charge in [-0.25, -0.2) is 4.39 Å². The number of hydrogen-bond donors (Lipinski definition) is 2. The molecule has 1 saturated heterocycles. The van der Waals surface area contributed by atoms with E-state index in [0.717, 1.165) is 24.1 Å². The number of hydrogen-bond acceptors (Lipinski definition) is 2. The van der Waals surface area contributed by atoms with Gasteiger partial charge in [0.1, 0.15) is 0 Å². The molecule has 1 amide bonds. The molecule has 0 saturated carbocycles. The zero-order valence-corrected chi connectivity index (χ0v) is 10.6. The molecule has 1 aromatic rings. The molecule has 1 aliphatic heterocycles. The van der Waals surface area contributed by atoms with Gasteiger partial charge in [-0.15, -0.1) is 0 Å². The van der Waals surface area contributed by atoms with E-state index in [1.165, 1.54) is 0 Å². The maximum Gasteiger partial charge on any atom is 0.263 e. The molecule has 0 aromatic heterocycles. The average molecular weight is 250 g/mol. The van der Waals surface area contributed by atoms with Crippen LogP contribution in [0.1, 0.15) is 25.3 Å². The minimum Gasteiger partial charge on any atom is -0.323 e. The van der Waals surface area contributed by atoms with E-state index in [-0.39, 0.29) is 13.0 Å². The normalized spacial score (nSPS) is 23.0. The average Bonchev–Trinajstić information content (AvgIpc) is 2.80. The molecular weight excluding hydrogens is 231 g/mol. The van der Waals surface area contributed by atoms with Gasteiger partial charge in [0.15, 0.2) is 0 Å². The van der Waals surface area contributed by atoms with Crippen LogP contribution in [0.3, 0.4) is 0 Å². The Labute approximate surface area is 107 Å². The lowest BCUT2D eigenvalue weighted by molar-refractivity contribution is -0.126. The van der Waals surface area contributed by atoms with Crippen LogP contribution in [0.15, 0.2) is 24.3 Å². The molecule has 0 bridgehead atoms. The number of nitrogens with one attached hydrogen (secondary N) is 2. The van der Waals surface area contributed by atoms with Crippen molar-refractivity contribution in [2.45, 2.75) is 31.9 Å². The predicted molar refractivity (Wildman–Crippen MR) is 70.4 cm³/mol. The van der Waals surface area contributed by atoms with Crippen LogP contribution in [0.25, 0.3) is 0 Å². The zero-order valence-electron chi connectivity index (χ0n) is 10.6. The summed E-state index contributed by atoms with van der Waals surface area (Å²) < 4.78 is 14.2. The molecule has 1 atom stereocenters. The van der Waals surface area contributed by atoms with Crippen LogP contribution in [-0.4, -0.2) is 24.7 Å². The van der Waals surface area contributed by atoms with Gasteiger partial charge in [0.2, 0.25) is 5.67 Å². The van der Waals surface area contributed by atoms with Crippen LogP contribution in [0, 0.1) is 0 Å². The Hall–Kier alpha value is -1.42. The lowest BCUT2D eigenvalue weighted by Crippen LogP contribution is -2.40. The summed E-state index contributed by atoms with van der Waals surface area (Å²) in [5.41, 5.74) is 0.0236.